The van der Waals surface area contributed by atoms with Gasteiger partial charge in [0, 0.05) is 23.2 Å². The zero-order valence-corrected chi connectivity index (χ0v) is 28.9. The number of anilines is 1. The standard InChI is InChI=1S/C35H48ClF2N5O5/c1-34(2,3)48-33(46)42-35(39,24-9-6-5-7-10-24)32(45)41-31(44)29-11-8-18-43(29)21-23-19-25(36)13-12-22(23)20-28(30(37)38)40-26-14-16-27(47-4)17-15-26/h12-17,19,24,28-30,40H,5-11,18,20-21,39H2,1-4H3,(H,42,46)(H,41,44,45)/t28?,29-,35+/m0/s1. The Kier molecular flexibility index (Phi) is 12.7. The molecule has 0 radical (unpaired) electrons. The summed E-state index contributed by atoms with van der Waals surface area (Å²) in [5.74, 6) is -1.09. The van der Waals surface area contributed by atoms with Gasteiger partial charge in [-0.25, -0.2) is 13.6 Å². The second-order valence-electron chi connectivity index (χ2n) is 13.7. The molecule has 0 aromatic heterocycles. The number of rotatable bonds is 12. The molecule has 10 nitrogen and oxygen atoms in total. The van der Waals surface area contributed by atoms with Gasteiger partial charge in [-0.3, -0.25) is 25.1 Å². The topological polar surface area (TPSA) is 135 Å². The highest BCUT2D eigenvalue weighted by Gasteiger charge is 2.46. The maximum Gasteiger partial charge on any atom is 0.409 e. The Hall–Kier alpha value is -3.48. The summed E-state index contributed by atoms with van der Waals surface area (Å²) < 4.78 is 39.1. The summed E-state index contributed by atoms with van der Waals surface area (Å²) in [5.41, 5.74) is 5.88. The highest BCUT2D eigenvalue weighted by Crippen LogP contribution is 2.32. The van der Waals surface area contributed by atoms with E-state index in [0.29, 0.717) is 59.8 Å². The second kappa shape index (κ2) is 16.3. The first-order chi connectivity index (χ1) is 22.7. The Balaban J connectivity index is 1.48. The molecule has 1 heterocycles. The number of halogens is 3. The quantitative estimate of drug-likeness (QED) is 0.199. The minimum atomic E-state index is -2.66. The molecule has 0 spiro atoms. The second-order valence-corrected chi connectivity index (χ2v) is 14.1. The van der Waals surface area contributed by atoms with E-state index in [1.807, 2.05) is 4.90 Å². The molecule has 1 unspecified atom stereocenters. The predicted molar refractivity (Wildman–Crippen MR) is 181 cm³/mol. The molecular weight excluding hydrogens is 644 g/mol. The van der Waals surface area contributed by atoms with Crippen molar-refractivity contribution in [2.45, 2.75) is 108 Å². The molecule has 4 rings (SSSR count). The van der Waals surface area contributed by atoms with Crippen molar-refractivity contribution in [3.8, 4) is 5.75 Å². The fraction of sp³-hybridized carbons (Fsp3) is 0.571. The number of imide groups is 1. The van der Waals surface area contributed by atoms with Crippen molar-refractivity contribution in [1.82, 2.24) is 15.5 Å². The number of likely N-dealkylation sites (tertiary alicyclic amines) is 1. The number of hydrogen-bond acceptors (Lipinski definition) is 8. The van der Waals surface area contributed by atoms with Crippen LogP contribution in [0.2, 0.25) is 5.02 Å². The number of hydrogen-bond donors (Lipinski definition) is 4. The highest BCUT2D eigenvalue weighted by molar-refractivity contribution is 6.30. The molecule has 5 N–H and O–H groups in total. The summed E-state index contributed by atoms with van der Waals surface area (Å²) in [6.45, 7) is 5.93. The van der Waals surface area contributed by atoms with Gasteiger partial charge in [-0.1, -0.05) is 36.9 Å². The van der Waals surface area contributed by atoms with Crippen molar-refractivity contribution < 1.29 is 32.6 Å². The summed E-state index contributed by atoms with van der Waals surface area (Å²) in [4.78, 5) is 42.1. The third kappa shape index (κ3) is 10.0. The summed E-state index contributed by atoms with van der Waals surface area (Å²) in [7, 11) is 1.53. The number of carbonyl (C=O) groups excluding carboxylic acids is 3. The lowest BCUT2D eigenvalue weighted by Crippen LogP contribution is -2.70. The normalized spacial score (nSPS) is 19.3. The van der Waals surface area contributed by atoms with Crippen molar-refractivity contribution in [2.24, 2.45) is 11.7 Å². The number of alkyl halides is 2. The number of ether oxygens (including phenoxy) is 2. The average molecular weight is 692 g/mol. The van der Waals surface area contributed by atoms with Gasteiger partial charge in [-0.2, -0.15) is 0 Å². The van der Waals surface area contributed by atoms with Gasteiger partial charge in [0.1, 0.15) is 11.4 Å². The van der Waals surface area contributed by atoms with E-state index in [1.54, 1.807) is 63.2 Å². The van der Waals surface area contributed by atoms with Gasteiger partial charge >= 0.3 is 6.09 Å². The van der Waals surface area contributed by atoms with Gasteiger partial charge in [0.05, 0.1) is 19.2 Å². The van der Waals surface area contributed by atoms with E-state index >= 15 is 0 Å². The molecule has 2 fully saturated rings. The van der Waals surface area contributed by atoms with Crippen LogP contribution in [0, 0.1) is 5.92 Å². The summed E-state index contributed by atoms with van der Waals surface area (Å²) in [6.07, 6.45) is 1.61. The third-order valence-corrected chi connectivity index (χ3v) is 9.20. The number of nitrogens with zero attached hydrogens (tertiary/aromatic N) is 1. The lowest BCUT2D eigenvalue weighted by atomic mass is 9.79. The molecule has 1 saturated heterocycles. The van der Waals surface area contributed by atoms with Crippen LogP contribution in [0.3, 0.4) is 0 Å². The van der Waals surface area contributed by atoms with E-state index in [0.717, 1.165) is 19.3 Å². The monoisotopic (exact) mass is 691 g/mol. The Bertz CT molecular complexity index is 1420. The zero-order chi connectivity index (χ0) is 35.1. The molecular formula is C35H48ClF2N5O5. The summed E-state index contributed by atoms with van der Waals surface area (Å²) in [5, 5.41) is 8.44. The molecule has 13 heteroatoms. The van der Waals surface area contributed by atoms with Crippen molar-refractivity contribution in [3.05, 3.63) is 58.6 Å². The molecule has 1 saturated carbocycles. The molecule has 2 aliphatic rings. The van der Waals surface area contributed by atoms with Crippen LogP contribution in [-0.4, -0.2) is 66.2 Å². The van der Waals surface area contributed by atoms with Gasteiger partial charge in [-0.15, -0.1) is 0 Å². The van der Waals surface area contributed by atoms with Gasteiger partial charge in [-0.05, 0) is 107 Å². The first kappa shape index (κ1) is 37.3. The number of alkyl carbamates (subject to hydrolysis) is 1. The van der Waals surface area contributed by atoms with E-state index in [-0.39, 0.29) is 18.9 Å². The van der Waals surface area contributed by atoms with E-state index in [2.05, 4.69) is 16.0 Å². The fourth-order valence-corrected chi connectivity index (χ4v) is 6.68. The van der Waals surface area contributed by atoms with E-state index in [4.69, 9.17) is 26.8 Å². The van der Waals surface area contributed by atoms with Crippen LogP contribution in [0.25, 0.3) is 0 Å². The van der Waals surface area contributed by atoms with Crippen LogP contribution in [0.1, 0.15) is 76.8 Å². The number of carbonyl (C=O) groups is 3. The molecule has 264 valence electrons. The smallest absolute Gasteiger partial charge is 0.409 e. The van der Waals surface area contributed by atoms with Gasteiger partial charge in [0.2, 0.25) is 5.91 Å². The van der Waals surface area contributed by atoms with Crippen LogP contribution < -0.4 is 26.4 Å². The highest BCUT2D eigenvalue weighted by atomic mass is 35.5. The molecule has 3 atom stereocenters. The van der Waals surface area contributed by atoms with Gasteiger partial charge in [0.15, 0.2) is 5.66 Å². The van der Waals surface area contributed by atoms with Crippen LogP contribution in [-0.2, 0) is 27.3 Å². The molecule has 2 aromatic rings. The Morgan fingerprint density at radius 3 is 2.31 bits per heavy atom. The Labute approximate surface area is 286 Å². The largest absolute Gasteiger partial charge is 0.497 e. The van der Waals surface area contributed by atoms with Crippen LogP contribution >= 0.6 is 11.6 Å². The number of benzene rings is 2. The van der Waals surface area contributed by atoms with E-state index in [9.17, 15) is 23.2 Å². The fourth-order valence-electron chi connectivity index (χ4n) is 6.49. The predicted octanol–water partition coefficient (Wildman–Crippen LogP) is 6.00. The average Bonchev–Trinajstić information content (AvgIpc) is 3.49. The third-order valence-electron chi connectivity index (χ3n) is 8.96. The lowest BCUT2D eigenvalue weighted by Gasteiger charge is -2.39. The van der Waals surface area contributed by atoms with E-state index < -0.39 is 47.7 Å². The maximum atomic E-state index is 14.3. The van der Waals surface area contributed by atoms with Crippen molar-refractivity contribution in [1.29, 1.82) is 0 Å². The minimum absolute atomic E-state index is 0.00675. The lowest BCUT2D eigenvalue weighted by molar-refractivity contribution is -0.138. The first-order valence-corrected chi connectivity index (χ1v) is 16.9. The summed E-state index contributed by atoms with van der Waals surface area (Å²) in [6, 6.07) is 9.99. The van der Waals surface area contributed by atoms with Crippen LogP contribution in [0.4, 0.5) is 19.3 Å². The van der Waals surface area contributed by atoms with Crippen molar-refractivity contribution >= 4 is 35.2 Å². The zero-order valence-electron chi connectivity index (χ0n) is 28.1. The maximum absolute atomic E-state index is 14.3. The van der Waals surface area contributed by atoms with Gasteiger partial charge in [0.25, 0.3) is 12.3 Å². The first-order valence-electron chi connectivity index (χ1n) is 16.5. The molecule has 1 aliphatic carbocycles. The SMILES string of the molecule is COc1ccc(NC(Cc2ccc(Cl)cc2CN2CCC[C@H]2C(=O)NC(=O)[C@](N)(NC(=O)OC(C)(C)C)C2CCCCC2)C(F)F)cc1. The van der Waals surface area contributed by atoms with E-state index in [1.165, 1.54) is 7.11 Å². The minimum Gasteiger partial charge on any atom is -0.497 e. The van der Waals surface area contributed by atoms with Crippen molar-refractivity contribution in [2.75, 3.05) is 19.0 Å². The van der Waals surface area contributed by atoms with Gasteiger partial charge < -0.3 is 20.5 Å². The molecule has 1 aliphatic heterocycles. The molecule has 0 bridgehead atoms. The number of nitrogens with two attached hydrogens (primary N) is 1. The molecule has 48 heavy (non-hydrogen) atoms. The Morgan fingerprint density at radius 2 is 1.69 bits per heavy atom. The number of methoxy groups -OCH3 is 1. The van der Waals surface area contributed by atoms with Crippen molar-refractivity contribution in [3.63, 3.8) is 0 Å². The molecule has 2 aromatic carbocycles. The van der Waals surface area contributed by atoms with Crippen LogP contribution in [0.5, 0.6) is 5.75 Å². The van der Waals surface area contributed by atoms with Crippen LogP contribution in [0.15, 0.2) is 42.5 Å². The number of nitrogens with one attached hydrogen (secondary N) is 3. The summed E-state index contributed by atoms with van der Waals surface area (Å²) >= 11 is 6.36. The molecule has 3 amide bonds. The Morgan fingerprint density at radius 1 is 1.00 bits per heavy atom. The number of amides is 3.